The molecule has 1 aliphatic rings. The van der Waals surface area contributed by atoms with Crippen molar-refractivity contribution in [1.82, 2.24) is 4.90 Å². The summed E-state index contributed by atoms with van der Waals surface area (Å²) >= 11 is 6.03. The highest BCUT2D eigenvalue weighted by atomic mass is 35.5. The van der Waals surface area contributed by atoms with Gasteiger partial charge in [-0.05, 0) is 62.3 Å². The second-order valence-corrected chi connectivity index (χ2v) is 8.70. The number of nitrogens with zero attached hydrogens (tertiary/aromatic N) is 1. The third-order valence-corrected chi connectivity index (χ3v) is 6.07. The van der Waals surface area contributed by atoms with E-state index in [-0.39, 0.29) is 11.8 Å². The minimum absolute atomic E-state index is 0.0663. The van der Waals surface area contributed by atoms with Gasteiger partial charge in [-0.1, -0.05) is 41.4 Å². The summed E-state index contributed by atoms with van der Waals surface area (Å²) in [7, 11) is 1.56. The molecule has 1 aliphatic heterocycles. The molecule has 3 rings (SSSR count). The van der Waals surface area contributed by atoms with E-state index in [2.05, 4.69) is 36.5 Å². The predicted octanol–water partition coefficient (Wildman–Crippen LogP) is 5.25. The average molecular weight is 443 g/mol. The Hall–Kier alpha value is -2.53. The normalized spacial score (nSPS) is 16.1. The van der Waals surface area contributed by atoms with E-state index in [1.807, 2.05) is 4.90 Å². The van der Waals surface area contributed by atoms with E-state index in [0.29, 0.717) is 35.2 Å². The number of nitrogens with one attached hydrogen (secondary N) is 1. The maximum Gasteiger partial charge on any atom is 0.224 e. The molecular formula is C25H31ClN2O3. The van der Waals surface area contributed by atoms with Gasteiger partial charge in [0.2, 0.25) is 11.8 Å². The standard InChI is InChI=1S/C25H31ClN2O3/c1-18-5-7-19(8-6-18)10-14-25(30)28-15-3-4-20(17-28)9-13-24(29)27-22-16-21(26)11-12-23(22)31-2/h5-8,11-12,16,20H,3-4,9-10,13-15,17H2,1-2H3,(H,27,29)/t20-/m0/s1. The van der Waals surface area contributed by atoms with Crippen LogP contribution in [0.5, 0.6) is 5.75 Å². The maximum absolute atomic E-state index is 12.7. The molecule has 0 radical (unpaired) electrons. The van der Waals surface area contributed by atoms with Crippen LogP contribution in [0.1, 0.15) is 43.2 Å². The summed E-state index contributed by atoms with van der Waals surface area (Å²) in [4.78, 5) is 27.1. The molecule has 5 nitrogen and oxygen atoms in total. The highest BCUT2D eigenvalue weighted by Crippen LogP contribution is 2.28. The molecule has 0 aromatic heterocycles. The number of hydrogen-bond acceptors (Lipinski definition) is 3. The summed E-state index contributed by atoms with van der Waals surface area (Å²) in [5.74, 6) is 1.08. The maximum atomic E-state index is 12.7. The lowest BCUT2D eigenvalue weighted by atomic mass is 9.93. The molecule has 1 fully saturated rings. The van der Waals surface area contributed by atoms with E-state index in [1.54, 1.807) is 25.3 Å². The molecule has 6 heteroatoms. The Bertz CT molecular complexity index is 898. The van der Waals surface area contributed by atoms with Crippen LogP contribution in [0, 0.1) is 12.8 Å². The number of halogens is 1. The van der Waals surface area contributed by atoms with Crippen molar-refractivity contribution in [2.45, 2.75) is 45.4 Å². The Morgan fingerprint density at radius 2 is 1.94 bits per heavy atom. The van der Waals surface area contributed by atoms with Gasteiger partial charge in [-0.15, -0.1) is 0 Å². The number of amides is 2. The summed E-state index contributed by atoms with van der Waals surface area (Å²) in [5.41, 5.74) is 3.00. The first-order valence-electron chi connectivity index (χ1n) is 10.9. The van der Waals surface area contributed by atoms with Crippen LogP contribution in [0.25, 0.3) is 0 Å². The molecule has 1 N–H and O–H groups in total. The van der Waals surface area contributed by atoms with Gasteiger partial charge in [0.25, 0.3) is 0 Å². The van der Waals surface area contributed by atoms with Gasteiger partial charge >= 0.3 is 0 Å². The zero-order chi connectivity index (χ0) is 22.2. The Labute approximate surface area is 189 Å². The Balaban J connectivity index is 1.45. The number of benzene rings is 2. The second kappa shape index (κ2) is 11.2. The number of carbonyl (C=O) groups excluding carboxylic acids is 2. The van der Waals surface area contributed by atoms with Gasteiger partial charge in [0.05, 0.1) is 12.8 Å². The highest BCUT2D eigenvalue weighted by molar-refractivity contribution is 6.31. The molecule has 0 saturated carbocycles. The molecule has 0 aliphatic carbocycles. The molecule has 1 saturated heterocycles. The average Bonchev–Trinajstić information content (AvgIpc) is 2.77. The molecule has 2 aromatic rings. The zero-order valence-electron chi connectivity index (χ0n) is 18.3. The number of carbonyl (C=O) groups is 2. The van der Waals surface area contributed by atoms with E-state index in [0.717, 1.165) is 38.8 Å². The minimum atomic E-state index is -0.0663. The quantitative estimate of drug-likeness (QED) is 0.607. The molecular weight excluding hydrogens is 412 g/mol. The van der Waals surface area contributed by atoms with Crippen LogP contribution in [0.15, 0.2) is 42.5 Å². The molecule has 0 unspecified atom stereocenters. The Morgan fingerprint density at radius 3 is 2.68 bits per heavy atom. The van der Waals surface area contributed by atoms with E-state index in [9.17, 15) is 9.59 Å². The SMILES string of the molecule is COc1ccc(Cl)cc1NC(=O)CC[C@@H]1CCCN(C(=O)CCc2ccc(C)cc2)C1. The summed E-state index contributed by atoms with van der Waals surface area (Å²) in [6.45, 7) is 3.62. The molecule has 1 atom stereocenters. The summed E-state index contributed by atoms with van der Waals surface area (Å²) in [6.07, 6.45) is 4.51. The molecule has 1 heterocycles. The van der Waals surface area contributed by atoms with Gasteiger partial charge in [-0.25, -0.2) is 0 Å². The molecule has 0 bridgehead atoms. The third kappa shape index (κ3) is 7.00. The lowest BCUT2D eigenvalue weighted by Gasteiger charge is -2.33. The van der Waals surface area contributed by atoms with Gasteiger partial charge in [-0.3, -0.25) is 9.59 Å². The van der Waals surface area contributed by atoms with E-state index >= 15 is 0 Å². The Morgan fingerprint density at radius 1 is 1.16 bits per heavy atom. The molecule has 31 heavy (non-hydrogen) atoms. The van der Waals surface area contributed by atoms with Crippen LogP contribution in [0.3, 0.4) is 0 Å². The van der Waals surface area contributed by atoms with Gasteiger partial charge in [0.1, 0.15) is 5.75 Å². The number of anilines is 1. The highest BCUT2D eigenvalue weighted by Gasteiger charge is 2.24. The van der Waals surface area contributed by atoms with Crippen LogP contribution < -0.4 is 10.1 Å². The minimum Gasteiger partial charge on any atom is -0.495 e. The summed E-state index contributed by atoms with van der Waals surface area (Å²) in [5, 5.41) is 3.43. The number of rotatable bonds is 8. The molecule has 0 spiro atoms. The van der Waals surface area contributed by atoms with E-state index in [4.69, 9.17) is 16.3 Å². The number of piperidine rings is 1. The third-order valence-electron chi connectivity index (χ3n) is 5.84. The number of likely N-dealkylation sites (tertiary alicyclic amines) is 1. The first-order valence-corrected chi connectivity index (χ1v) is 11.3. The van der Waals surface area contributed by atoms with Gasteiger partial charge in [0.15, 0.2) is 0 Å². The zero-order valence-corrected chi connectivity index (χ0v) is 19.1. The molecule has 166 valence electrons. The van der Waals surface area contributed by atoms with Crippen molar-refractivity contribution in [3.63, 3.8) is 0 Å². The number of hydrogen-bond donors (Lipinski definition) is 1. The van der Waals surface area contributed by atoms with Crippen molar-refractivity contribution >= 4 is 29.1 Å². The van der Waals surface area contributed by atoms with Crippen molar-refractivity contribution in [3.05, 3.63) is 58.6 Å². The van der Waals surface area contributed by atoms with Crippen molar-refractivity contribution in [2.75, 3.05) is 25.5 Å². The number of ether oxygens (including phenoxy) is 1. The largest absolute Gasteiger partial charge is 0.495 e. The van der Waals surface area contributed by atoms with Crippen LogP contribution in [-0.2, 0) is 16.0 Å². The van der Waals surface area contributed by atoms with Gasteiger partial charge in [-0.2, -0.15) is 0 Å². The van der Waals surface area contributed by atoms with Crippen LogP contribution in [0.2, 0.25) is 5.02 Å². The lowest BCUT2D eigenvalue weighted by molar-refractivity contribution is -0.133. The fourth-order valence-corrected chi connectivity index (χ4v) is 4.19. The van der Waals surface area contributed by atoms with Crippen LogP contribution in [0.4, 0.5) is 5.69 Å². The number of methoxy groups -OCH3 is 1. The van der Waals surface area contributed by atoms with Crippen LogP contribution in [-0.4, -0.2) is 36.9 Å². The molecule has 2 aromatic carbocycles. The first kappa shape index (κ1) is 23.1. The van der Waals surface area contributed by atoms with Crippen molar-refractivity contribution in [3.8, 4) is 5.75 Å². The first-order chi connectivity index (χ1) is 14.9. The van der Waals surface area contributed by atoms with E-state index < -0.39 is 0 Å². The topological polar surface area (TPSA) is 58.6 Å². The van der Waals surface area contributed by atoms with Crippen molar-refractivity contribution in [1.29, 1.82) is 0 Å². The molecule has 2 amide bonds. The monoisotopic (exact) mass is 442 g/mol. The smallest absolute Gasteiger partial charge is 0.224 e. The number of aryl methyl sites for hydroxylation is 2. The van der Waals surface area contributed by atoms with Crippen molar-refractivity contribution in [2.24, 2.45) is 5.92 Å². The Kier molecular flexibility index (Phi) is 8.35. The fraction of sp³-hybridized carbons (Fsp3) is 0.440. The van der Waals surface area contributed by atoms with Crippen molar-refractivity contribution < 1.29 is 14.3 Å². The summed E-state index contributed by atoms with van der Waals surface area (Å²) < 4.78 is 5.28. The second-order valence-electron chi connectivity index (χ2n) is 8.27. The fourth-order valence-electron chi connectivity index (χ4n) is 4.02. The predicted molar refractivity (Wildman–Crippen MR) is 125 cm³/mol. The summed E-state index contributed by atoms with van der Waals surface area (Å²) in [6, 6.07) is 13.5. The lowest BCUT2D eigenvalue weighted by Crippen LogP contribution is -2.40. The van der Waals surface area contributed by atoms with Gasteiger partial charge in [0, 0.05) is 31.0 Å². The van der Waals surface area contributed by atoms with E-state index in [1.165, 1.54) is 11.1 Å². The van der Waals surface area contributed by atoms with Gasteiger partial charge < -0.3 is 15.0 Å². The van der Waals surface area contributed by atoms with Crippen LogP contribution >= 0.6 is 11.6 Å².